The lowest BCUT2D eigenvalue weighted by Crippen LogP contribution is -2.22. The van der Waals surface area contributed by atoms with E-state index in [1.54, 1.807) is 0 Å². The number of rotatable bonds is 6. The lowest BCUT2D eigenvalue weighted by atomic mass is 10.1. The molecule has 1 aromatic carbocycles. The summed E-state index contributed by atoms with van der Waals surface area (Å²) >= 11 is 5.59. The van der Waals surface area contributed by atoms with Gasteiger partial charge in [-0.05, 0) is 57.9 Å². The number of ether oxygens (including phenoxy) is 1. The number of carbonyl (C=O) groups excluding carboxylic acids is 1. The van der Waals surface area contributed by atoms with Gasteiger partial charge in [0, 0.05) is 17.9 Å². The Morgan fingerprint density at radius 2 is 1.78 bits per heavy atom. The Morgan fingerprint density at radius 3 is 2.28 bits per heavy atom. The number of Topliss-reactive ketones (excluding diaryl/α,β-unsaturated/α-hetero) is 1. The van der Waals surface area contributed by atoms with Gasteiger partial charge >= 0.3 is 0 Å². The van der Waals surface area contributed by atoms with Crippen molar-refractivity contribution >= 4 is 17.4 Å². The van der Waals surface area contributed by atoms with Crippen molar-refractivity contribution in [3.8, 4) is 5.75 Å². The third kappa shape index (κ3) is 5.54. The molecule has 0 atom stereocenters. The molecular formula is C15H21ClO2. The Morgan fingerprint density at radius 1 is 1.17 bits per heavy atom. The Bertz CT molecular complexity index is 376. The fraction of sp³-hybridized carbons (Fsp3) is 0.533. The van der Waals surface area contributed by atoms with Crippen LogP contribution in [0.1, 0.15) is 50.4 Å². The summed E-state index contributed by atoms with van der Waals surface area (Å²) in [4.78, 5) is 11.8. The minimum Gasteiger partial charge on any atom is -0.488 e. The van der Waals surface area contributed by atoms with Crippen LogP contribution in [-0.2, 0) is 0 Å². The van der Waals surface area contributed by atoms with Crippen molar-refractivity contribution in [1.82, 2.24) is 0 Å². The van der Waals surface area contributed by atoms with E-state index in [9.17, 15) is 4.79 Å². The number of hydrogen-bond donors (Lipinski definition) is 0. The molecule has 0 amide bonds. The maximum Gasteiger partial charge on any atom is 0.162 e. The van der Waals surface area contributed by atoms with Crippen LogP contribution in [0.3, 0.4) is 0 Å². The van der Waals surface area contributed by atoms with Crippen molar-refractivity contribution in [2.24, 2.45) is 0 Å². The number of halogens is 1. The molecule has 100 valence electrons. The van der Waals surface area contributed by atoms with Crippen molar-refractivity contribution in [3.63, 3.8) is 0 Å². The summed E-state index contributed by atoms with van der Waals surface area (Å²) in [5, 5.41) is 0. The third-order valence-corrected chi connectivity index (χ3v) is 2.66. The number of hydrogen-bond acceptors (Lipinski definition) is 2. The predicted molar refractivity (Wildman–Crippen MR) is 75.7 cm³/mol. The average molecular weight is 269 g/mol. The summed E-state index contributed by atoms with van der Waals surface area (Å²) in [5.41, 5.74) is 0.525. The first-order chi connectivity index (χ1) is 8.42. The highest BCUT2D eigenvalue weighted by Gasteiger charge is 2.12. The molecule has 0 saturated carbocycles. The van der Waals surface area contributed by atoms with Gasteiger partial charge in [-0.3, -0.25) is 4.79 Å². The van der Waals surface area contributed by atoms with Gasteiger partial charge < -0.3 is 4.74 Å². The molecule has 18 heavy (non-hydrogen) atoms. The molecule has 2 nitrogen and oxygen atoms in total. The Balaban J connectivity index is 2.57. The zero-order valence-corrected chi connectivity index (χ0v) is 12.1. The summed E-state index contributed by atoms with van der Waals surface area (Å²) in [7, 11) is 0. The summed E-state index contributed by atoms with van der Waals surface area (Å²) in [6, 6.07) is 7.34. The topological polar surface area (TPSA) is 26.3 Å². The van der Waals surface area contributed by atoms with Gasteiger partial charge in [0.25, 0.3) is 0 Å². The minimum absolute atomic E-state index is 0.169. The molecule has 0 saturated heterocycles. The zero-order valence-electron chi connectivity index (χ0n) is 11.3. The van der Waals surface area contributed by atoms with Crippen molar-refractivity contribution < 1.29 is 9.53 Å². The molecule has 0 radical (unpaired) electrons. The van der Waals surface area contributed by atoms with Crippen LogP contribution in [0.4, 0.5) is 0 Å². The molecule has 0 aliphatic heterocycles. The lowest BCUT2D eigenvalue weighted by Gasteiger charge is -2.21. The maximum absolute atomic E-state index is 11.8. The molecule has 0 spiro atoms. The molecule has 0 heterocycles. The first kappa shape index (κ1) is 15.0. The molecule has 3 heteroatoms. The molecule has 0 bridgehead atoms. The molecule has 0 aliphatic rings. The van der Waals surface area contributed by atoms with E-state index in [0.29, 0.717) is 12.3 Å². The van der Waals surface area contributed by atoms with Crippen LogP contribution >= 0.6 is 11.6 Å². The quantitative estimate of drug-likeness (QED) is 0.433. The second-order valence-electron chi connectivity index (χ2n) is 5.31. The summed E-state index contributed by atoms with van der Waals surface area (Å²) in [6.07, 6.45) is 2.30. The summed E-state index contributed by atoms with van der Waals surface area (Å²) < 4.78 is 5.71. The lowest BCUT2D eigenvalue weighted by molar-refractivity contribution is 0.0980. The van der Waals surface area contributed by atoms with E-state index < -0.39 is 0 Å². The monoisotopic (exact) mass is 268 g/mol. The SMILES string of the molecule is CC(C)(C)Oc1ccc(C(=O)CCCCCl)cc1. The molecule has 1 rings (SSSR count). The van der Waals surface area contributed by atoms with Crippen LogP contribution in [0.15, 0.2) is 24.3 Å². The van der Waals surface area contributed by atoms with Crippen LogP contribution in [0, 0.1) is 0 Å². The number of carbonyl (C=O) groups is 1. The van der Waals surface area contributed by atoms with Crippen molar-refractivity contribution in [2.75, 3.05) is 5.88 Å². The molecule has 1 aromatic rings. The zero-order chi connectivity index (χ0) is 13.6. The molecular weight excluding hydrogens is 248 g/mol. The predicted octanol–water partition coefficient (Wildman–Crippen LogP) is 4.46. The normalized spacial score (nSPS) is 11.3. The second kappa shape index (κ2) is 6.79. The van der Waals surface area contributed by atoms with Crippen LogP contribution < -0.4 is 4.74 Å². The largest absolute Gasteiger partial charge is 0.488 e. The molecule has 0 unspecified atom stereocenters. The van der Waals surface area contributed by atoms with Gasteiger partial charge in [0.05, 0.1) is 0 Å². The van der Waals surface area contributed by atoms with Crippen LogP contribution in [-0.4, -0.2) is 17.3 Å². The summed E-state index contributed by atoms with van der Waals surface area (Å²) in [5.74, 6) is 1.58. The molecule has 0 aromatic heterocycles. The number of unbranched alkanes of at least 4 members (excludes halogenated alkanes) is 1. The van der Waals surface area contributed by atoms with E-state index in [4.69, 9.17) is 16.3 Å². The first-order valence-corrected chi connectivity index (χ1v) is 6.84. The highest BCUT2D eigenvalue weighted by molar-refractivity contribution is 6.17. The first-order valence-electron chi connectivity index (χ1n) is 6.30. The van der Waals surface area contributed by atoms with E-state index in [2.05, 4.69) is 0 Å². The Kier molecular flexibility index (Phi) is 5.67. The number of alkyl halides is 1. The Hall–Kier alpha value is -1.02. The van der Waals surface area contributed by atoms with Crippen molar-refractivity contribution in [2.45, 2.75) is 45.6 Å². The van der Waals surface area contributed by atoms with Crippen LogP contribution in [0.5, 0.6) is 5.75 Å². The molecule has 0 fully saturated rings. The van der Waals surface area contributed by atoms with Gasteiger partial charge in [-0.25, -0.2) is 0 Å². The van der Waals surface area contributed by atoms with E-state index in [-0.39, 0.29) is 11.4 Å². The molecule has 0 aliphatic carbocycles. The van der Waals surface area contributed by atoms with Crippen molar-refractivity contribution in [1.29, 1.82) is 0 Å². The standard InChI is InChI=1S/C15H21ClO2/c1-15(2,3)18-13-9-7-12(8-10-13)14(17)6-4-5-11-16/h7-10H,4-6,11H2,1-3H3. The van der Waals surface area contributed by atoms with Gasteiger partial charge in [0.15, 0.2) is 5.78 Å². The van der Waals surface area contributed by atoms with Crippen LogP contribution in [0.25, 0.3) is 0 Å². The van der Waals surface area contributed by atoms with E-state index in [0.717, 1.165) is 24.2 Å². The van der Waals surface area contributed by atoms with Gasteiger partial charge in [-0.15, -0.1) is 11.6 Å². The fourth-order valence-corrected chi connectivity index (χ4v) is 1.78. The van der Waals surface area contributed by atoms with E-state index in [1.165, 1.54) is 0 Å². The van der Waals surface area contributed by atoms with E-state index in [1.807, 2.05) is 45.0 Å². The minimum atomic E-state index is -0.216. The number of ketones is 1. The van der Waals surface area contributed by atoms with Crippen LogP contribution in [0.2, 0.25) is 0 Å². The van der Waals surface area contributed by atoms with Gasteiger partial charge in [0.1, 0.15) is 11.4 Å². The molecule has 0 N–H and O–H groups in total. The highest BCUT2D eigenvalue weighted by Crippen LogP contribution is 2.19. The maximum atomic E-state index is 11.8. The third-order valence-electron chi connectivity index (χ3n) is 2.39. The van der Waals surface area contributed by atoms with Crippen molar-refractivity contribution in [3.05, 3.63) is 29.8 Å². The number of benzene rings is 1. The van der Waals surface area contributed by atoms with Gasteiger partial charge in [-0.2, -0.15) is 0 Å². The Labute approximate surface area is 114 Å². The fourth-order valence-electron chi connectivity index (χ4n) is 1.59. The van der Waals surface area contributed by atoms with Gasteiger partial charge in [-0.1, -0.05) is 0 Å². The average Bonchev–Trinajstić information content (AvgIpc) is 2.28. The van der Waals surface area contributed by atoms with E-state index >= 15 is 0 Å². The summed E-state index contributed by atoms with van der Waals surface area (Å²) in [6.45, 7) is 5.99. The second-order valence-corrected chi connectivity index (χ2v) is 5.69. The van der Waals surface area contributed by atoms with Gasteiger partial charge in [0.2, 0.25) is 0 Å². The smallest absolute Gasteiger partial charge is 0.162 e. The highest BCUT2D eigenvalue weighted by atomic mass is 35.5.